The summed E-state index contributed by atoms with van der Waals surface area (Å²) in [5.41, 5.74) is 3.38. The van der Waals surface area contributed by atoms with Crippen molar-refractivity contribution in [2.75, 3.05) is 25.1 Å². The zero-order chi connectivity index (χ0) is 24.0. The monoisotopic (exact) mass is 468 g/mol. The molecule has 33 heavy (non-hydrogen) atoms. The first kappa shape index (κ1) is 24.1. The third-order valence-electron chi connectivity index (χ3n) is 5.29. The number of hydrogen-bond donors (Lipinski definition) is 1. The molecule has 0 aromatic heterocycles. The number of nitrogens with one attached hydrogen (secondary N) is 1. The fourth-order valence-corrected chi connectivity index (χ4v) is 4.76. The molecular formula is C25H28N2O5S. The molecule has 0 atom stereocenters. The van der Waals surface area contributed by atoms with Gasteiger partial charge in [-0.2, -0.15) is 0 Å². The minimum Gasteiger partial charge on any atom is -0.493 e. The van der Waals surface area contributed by atoms with E-state index in [1.165, 1.54) is 32.4 Å². The van der Waals surface area contributed by atoms with Gasteiger partial charge in [-0.3, -0.25) is 9.10 Å². The third kappa shape index (κ3) is 5.64. The van der Waals surface area contributed by atoms with Crippen LogP contribution in [0.15, 0.2) is 71.6 Å². The number of nitrogens with zero attached hydrogens (tertiary/aromatic N) is 1. The number of ether oxygens (including phenoxy) is 2. The molecule has 0 unspecified atom stereocenters. The van der Waals surface area contributed by atoms with Crippen LogP contribution in [0.2, 0.25) is 0 Å². The van der Waals surface area contributed by atoms with Gasteiger partial charge in [0, 0.05) is 12.6 Å². The number of amides is 1. The summed E-state index contributed by atoms with van der Waals surface area (Å²) in [6.45, 7) is 3.81. The van der Waals surface area contributed by atoms with E-state index in [0.29, 0.717) is 18.0 Å². The lowest BCUT2D eigenvalue weighted by molar-refractivity contribution is -0.119. The number of hydrogen-bond acceptors (Lipinski definition) is 5. The van der Waals surface area contributed by atoms with Gasteiger partial charge in [-0.1, -0.05) is 42.0 Å². The highest BCUT2D eigenvalue weighted by Gasteiger charge is 2.28. The molecular weight excluding hydrogens is 440 g/mol. The lowest BCUT2D eigenvalue weighted by atomic mass is 10.1. The van der Waals surface area contributed by atoms with Crippen molar-refractivity contribution in [3.05, 3.63) is 83.4 Å². The number of benzene rings is 3. The zero-order valence-electron chi connectivity index (χ0n) is 19.2. The second kappa shape index (κ2) is 10.4. The standard InChI is InChI=1S/C25H28N2O5S/c1-18-9-11-21(12-10-18)27(17-25(28)26-16-20-8-6-5-7-19(20)2)33(29,30)22-13-14-23(31-3)24(15-22)32-4/h5-15H,16-17H2,1-4H3,(H,26,28). The molecule has 0 heterocycles. The molecule has 0 radical (unpaired) electrons. The van der Waals surface area contributed by atoms with Crippen molar-refractivity contribution in [2.24, 2.45) is 0 Å². The predicted octanol–water partition coefficient (Wildman–Crippen LogP) is 3.83. The number of aryl methyl sites for hydroxylation is 2. The minimum atomic E-state index is -4.07. The second-order valence-electron chi connectivity index (χ2n) is 7.57. The zero-order valence-corrected chi connectivity index (χ0v) is 20.0. The summed E-state index contributed by atoms with van der Waals surface area (Å²) in [5, 5.41) is 2.83. The van der Waals surface area contributed by atoms with Crippen molar-refractivity contribution in [3.8, 4) is 11.5 Å². The Hall–Kier alpha value is -3.52. The predicted molar refractivity (Wildman–Crippen MR) is 128 cm³/mol. The highest BCUT2D eigenvalue weighted by Crippen LogP contribution is 2.32. The topological polar surface area (TPSA) is 84.9 Å². The summed E-state index contributed by atoms with van der Waals surface area (Å²) in [4.78, 5) is 12.8. The van der Waals surface area contributed by atoms with Crippen LogP contribution in [0.4, 0.5) is 5.69 Å². The molecule has 1 amide bonds. The Balaban J connectivity index is 1.92. The molecule has 3 rings (SSSR count). The van der Waals surface area contributed by atoms with Crippen LogP contribution in [-0.4, -0.2) is 35.1 Å². The van der Waals surface area contributed by atoms with Gasteiger partial charge in [-0.05, 0) is 49.2 Å². The summed E-state index contributed by atoms with van der Waals surface area (Å²) in [6, 6.07) is 19.0. The van der Waals surface area contributed by atoms with Gasteiger partial charge >= 0.3 is 0 Å². The van der Waals surface area contributed by atoms with E-state index in [4.69, 9.17) is 9.47 Å². The van der Waals surface area contributed by atoms with Crippen molar-refractivity contribution >= 4 is 21.6 Å². The van der Waals surface area contributed by atoms with Crippen LogP contribution in [0.3, 0.4) is 0 Å². The molecule has 0 bridgehead atoms. The molecule has 0 aliphatic carbocycles. The van der Waals surface area contributed by atoms with Crippen molar-refractivity contribution < 1.29 is 22.7 Å². The van der Waals surface area contributed by atoms with E-state index in [-0.39, 0.29) is 17.2 Å². The van der Waals surface area contributed by atoms with Crippen LogP contribution in [0, 0.1) is 13.8 Å². The van der Waals surface area contributed by atoms with Crippen molar-refractivity contribution in [1.29, 1.82) is 0 Å². The fraction of sp³-hybridized carbons (Fsp3) is 0.240. The first-order valence-electron chi connectivity index (χ1n) is 10.4. The van der Waals surface area contributed by atoms with Crippen LogP contribution >= 0.6 is 0 Å². The van der Waals surface area contributed by atoms with Gasteiger partial charge in [0.05, 0.1) is 24.8 Å². The Kier molecular flexibility index (Phi) is 7.60. The Labute approximate surface area is 195 Å². The van der Waals surface area contributed by atoms with Crippen molar-refractivity contribution in [2.45, 2.75) is 25.3 Å². The van der Waals surface area contributed by atoms with E-state index >= 15 is 0 Å². The molecule has 7 nitrogen and oxygen atoms in total. The molecule has 0 saturated carbocycles. The first-order chi connectivity index (χ1) is 15.8. The normalized spacial score (nSPS) is 11.0. The van der Waals surface area contributed by atoms with E-state index in [2.05, 4.69) is 5.32 Å². The molecule has 0 fully saturated rings. The van der Waals surface area contributed by atoms with E-state index in [1.807, 2.05) is 38.1 Å². The molecule has 0 saturated heterocycles. The molecule has 1 N–H and O–H groups in total. The number of carbonyl (C=O) groups excluding carboxylic acids is 1. The van der Waals surface area contributed by atoms with Crippen molar-refractivity contribution in [1.82, 2.24) is 5.32 Å². The summed E-state index contributed by atoms with van der Waals surface area (Å²) in [7, 11) is -1.16. The average Bonchev–Trinajstić information content (AvgIpc) is 2.82. The maximum atomic E-state index is 13.6. The summed E-state index contributed by atoms with van der Waals surface area (Å²) in [5.74, 6) is 0.281. The molecule has 8 heteroatoms. The molecule has 3 aromatic rings. The van der Waals surface area contributed by atoms with Gasteiger partial charge in [0.2, 0.25) is 5.91 Å². The highest BCUT2D eigenvalue weighted by molar-refractivity contribution is 7.92. The van der Waals surface area contributed by atoms with Gasteiger partial charge < -0.3 is 14.8 Å². The number of rotatable bonds is 9. The minimum absolute atomic E-state index is 0.00701. The molecule has 0 aliphatic rings. The maximum absolute atomic E-state index is 13.6. The first-order valence-corrected chi connectivity index (χ1v) is 11.8. The van der Waals surface area contributed by atoms with Gasteiger partial charge in [0.15, 0.2) is 11.5 Å². The molecule has 174 valence electrons. The Morgan fingerprint density at radius 2 is 1.58 bits per heavy atom. The van der Waals surface area contributed by atoms with Gasteiger partial charge in [0.25, 0.3) is 10.0 Å². The van der Waals surface area contributed by atoms with Gasteiger partial charge in [0.1, 0.15) is 6.54 Å². The number of carbonyl (C=O) groups is 1. The van der Waals surface area contributed by atoms with Gasteiger partial charge in [-0.25, -0.2) is 8.42 Å². The highest BCUT2D eigenvalue weighted by atomic mass is 32.2. The third-order valence-corrected chi connectivity index (χ3v) is 7.06. The summed E-state index contributed by atoms with van der Waals surface area (Å²) < 4.78 is 38.8. The van der Waals surface area contributed by atoms with Gasteiger partial charge in [-0.15, -0.1) is 0 Å². The smallest absolute Gasteiger partial charge is 0.264 e. The maximum Gasteiger partial charge on any atom is 0.264 e. The van der Waals surface area contributed by atoms with E-state index in [9.17, 15) is 13.2 Å². The lowest BCUT2D eigenvalue weighted by Gasteiger charge is -2.24. The van der Waals surface area contributed by atoms with Crippen LogP contribution in [0.5, 0.6) is 11.5 Å². The number of methoxy groups -OCH3 is 2. The fourth-order valence-electron chi connectivity index (χ4n) is 3.32. The average molecular weight is 469 g/mol. The number of sulfonamides is 1. The summed E-state index contributed by atoms with van der Waals surface area (Å²) in [6.07, 6.45) is 0. The Bertz CT molecular complexity index is 1220. The number of anilines is 1. The Morgan fingerprint density at radius 1 is 0.909 bits per heavy atom. The Morgan fingerprint density at radius 3 is 2.21 bits per heavy atom. The van der Waals surface area contributed by atoms with Crippen LogP contribution in [0.1, 0.15) is 16.7 Å². The van der Waals surface area contributed by atoms with E-state index in [1.54, 1.807) is 24.3 Å². The molecule has 0 spiro atoms. The lowest BCUT2D eigenvalue weighted by Crippen LogP contribution is -2.40. The van der Waals surface area contributed by atoms with E-state index in [0.717, 1.165) is 21.0 Å². The van der Waals surface area contributed by atoms with Crippen LogP contribution < -0.4 is 19.1 Å². The quantitative estimate of drug-likeness (QED) is 0.516. The van der Waals surface area contributed by atoms with Crippen LogP contribution in [0.25, 0.3) is 0 Å². The van der Waals surface area contributed by atoms with Crippen LogP contribution in [-0.2, 0) is 21.4 Å². The summed E-state index contributed by atoms with van der Waals surface area (Å²) >= 11 is 0. The molecule has 3 aromatic carbocycles. The second-order valence-corrected chi connectivity index (χ2v) is 9.43. The molecule has 0 aliphatic heterocycles. The largest absolute Gasteiger partial charge is 0.493 e. The van der Waals surface area contributed by atoms with Crippen molar-refractivity contribution in [3.63, 3.8) is 0 Å². The van der Waals surface area contributed by atoms with E-state index < -0.39 is 15.9 Å². The SMILES string of the molecule is COc1ccc(S(=O)(=O)N(CC(=O)NCc2ccccc2C)c2ccc(C)cc2)cc1OC.